The summed E-state index contributed by atoms with van der Waals surface area (Å²) in [6.07, 6.45) is 3.49. The van der Waals surface area contributed by atoms with Crippen molar-refractivity contribution in [2.75, 3.05) is 18.0 Å². The van der Waals surface area contributed by atoms with Gasteiger partial charge < -0.3 is 14.2 Å². The van der Waals surface area contributed by atoms with Crippen molar-refractivity contribution in [3.63, 3.8) is 0 Å². The SMILES string of the molecule is CCC(=O)Cc1ccc(Oc2ncnc(N3CCC(c4nc(C)no4)CC3)c2[N+](=O)[O-])cc1. The molecule has 3 aromatic rings. The lowest BCUT2D eigenvalue weighted by molar-refractivity contribution is -0.385. The Morgan fingerprint density at radius 2 is 1.97 bits per heavy atom. The molecule has 0 atom stereocenters. The third-order valence-electron chi connectivity index (χ3n) is 5.57. The van der Waals surface area contributed by atoms with Gasteiger partial charge in [-0.25, -0.2) is 4.98 Å². The highest BCUT2D eigenvalue weighted by Gasteiger charge is 2.32. The minimum Gasteiger partial charge on any atom is -0.434 e. The lowest BCUT2D eigenvalue weighted by atomic mass is 9.97. The van der Waals surface area contributed by atoms with Gasteiger partial charge in [-0.3, -0.25) is 14.9 Å². The third-order valence-corrected chi connectivity index (χ3v) is 5.57. The van der Waals surface area contributed by atoms with E-state index in [1.54, 1.807) is 31.2 Å². The second-order valence-corrected chi connectivity index (χ2v) is 7.86. The van der Waals surface area contributed by atoms with Crippen LogP contribution in [-0.4, -0.2) is 43.9 Å². The molecule has 0 unspecified atom stereocenters. The maximum atomic E-state index is 11.9. The molecular weight excluding hydrogens is 428 g/mol. The van der Waals surface area contributed by atoms with Crippen LogP contribution >= 0.6 is 0 Å². The number of carbonyl (C=O) groups is 1. The molecule has 4 rings (SSSR count). The molecule has 2 aromatic heterocycles. The summed E-state index contributed by atoms with van der Waals surface area (Å²) in [5, 5.41) is 15.8. The number of hydrogen-bond acceptors (Lipinski definition) is 10. The number of carbonyl (C=O) groups excluding carboxylic acids is 1. The summed E-state index contributed by atoms with van der Waals surface area (Å²) in [7, 11) is 0. The molecule has 3 heterocycles. The molecule has 172 valence electrons. The number of piperidine rings is 1. The van der Waals surface area contributed by atoms with E-state index in [1.165, 1.54) is 6.33 Å². The summed E-state index contributed by atoms with van der Waals surface area (Å²) in [6, 6.07) is 6.87. The molecule has 0 radical (unpaired) electrons. The molecule has 11 nitrogen and oxygen atoms in total. The molecule has 0 spiro atoms. The summed E-state index contributed by atoms with van der Waals surface area (Å²) >= 11 is 0. The second kappa shape index (κ2) is 9.72. The van der Waals surface area contributed by atoms with Crippen molar-refractivity contribution < 1.29 is 19.0 Å². The average Bonchev–Trinajstić information content (AvgIpc) is 3.26. The van der Waals surface area contributed by atoms with Gasteiger partial charge in [0, 0.05) is 31.8 Å². The molecule has 0 N–H and O–H groups in total. The molecule has 0 bridgehead atoms. The highest BCUT2D eigenvalue weighted by molar-refractivity contribution is 5.80. The number of ketones is 1. The van der Waals surface area contributed by atoms with E-state index in [0.29, 0.717) is 56.2 Å². The normalized spacial score (nSPS) is 14.3. The predicted octanol–water partition coefficient (Wildman–Crippen LogP) is 3.77. The Morgan fingerprint density at radius 3 is 2.58 bits per heavy atom. The van der Waals surface area contributed by atoms with Crippen LogP contribution in [-0.2, 0) is 11.2 Å². The van der Waals surface area contributed by atoms with Crippen LogP contribution in [0.5, 0.6) is 11.6 Å². The number of nitrogens with zero attached hydrogens (tertiary/aromatic N) is 6. The van der Waals surface area contributed by atoms with Crippen molar-refractivity contribution in [1.82, 2.24) is 20.1 Å². The van der Waals surface area contributed by atoms with Crippen LogP contribution in [0.25, 0.3) is 0 Å². The van der Waals surface area contributed by atoms with Crippen molar-refractivity contribution in [2.45, 2.75) is 45.4 Å². The maximum Gasteiger partial charge on any atom is 0.373 e. The van der Waals surface area contributed by atoms with Crippen LogP contribution in [0.15, 0.2) is 35.1 Å². The number of anilines is 1. The number of Topliss-reactive ketones (excluding diaryl/α,β-unsaturated/α-hetero) is 1. The second-order valence-electron chi connectivity index (χ2n) is 7.86. The highest BCUT2D eigenvalue weighted by Crippen LogP contribution is 2.38. The van der Waals surface area contributed by atoms with Crippen molar-refractivity contribution in [1.29, 1.82) is 0 Å². The average molecular weight is 452 g/mol. The van der Waals surface area contributed by atoms with Crippen LogP contribution in [0.3, 0.4) is 0 Å². The molecule has 11 heteroatoms. The van der Waals surface area contributed by atoms with Crippen LogP contribution in [0, 0.1) is 17.0 Å². The summed E-state index contributed by atoms with van der Waals surface area (Å²) in [4.78, 5) is 37.4. The van der Waals surface area contributed by atoms with Crippen LogP contribution in [0.1, 0.15) is 49.4 Å². The first-order chi connectivity index (χ1) is 15.9. The Hall–Kier alpha value is -3.89. The van der Waals surface area contributed by atoms with Gasteiger partial charge in [-0.15, -0.1) is 0 Å². The fraction of sp³-hybridized carbons (Fsp3) is 0.409. The highest BCUT2D eigenvalue weighted by atomic mass is 16.6. The molecule has 0 aliphatic carbocycles. The fourth-order valence-electron chi connectivity index (χ4n) is 3.78. The number of benzene rings is 1. The zero-order valence-electron chi connectivity index (χ0n) is 18.4. The van der Waals surface area contributed by atoms with E-state index in [9.17, 15) is 14.9 Å². The van der Waals surface area contributed by atoms with Gasteiger partial charge in [-0.2, -0.15) is 9.97 Å². The van der Waals surface area contributed by atoms with Gasteiger partial charge in [0.25, 0.3) is 0 Å². The largest absolute Gasteiger partial charge is 0.434 e. The first-order valence-electron chi connectivity index (χ1n) is 10.8. The van der Waals surface area contributed by atoms with Crippen LogP contribution < -0.4 is 9.64 Å². The molecule has 1 saturated heterocycles. The molecule has 1 aromatic carbocycles. The Kier molecular flexibility index (Phi) is 6.57. The Morgan fingerprint density at radius 1 is 1.24 bits per heavy atom. The lowest BCUT2D eigenvalue weighted by Crippen LogP contribution is -2.34. The minimum absolute atomic E-state index is 0.108. The Labute approximate surface area is 190 Å². The Balaban J connectivity index is 1.50. The van der Waals surface area contributed by atoms with Gasteiger partial charge in [0.1, 0.15) is 17.9 Å². The molecule has 0 saturated carbocycles. The summed E-state index contributed by atoms with van der Waals surface area (Å²) in [5.74, 6) is 1.91. The first-order valence-corrected chi connectivity index (χ1v) is 10.8. The fourth-order valence-corrected chi connectivity index (χ4v) is 3.78. The van der Waals surface area contributed by atoms with Crippen molar-refractivity contribution in [3.05, 3.63) is 58.0 Å². The number of aryl methyl sites for hydroxylation is 1. The number of rotatable bonds is 8. The van der Waals surface area contributed by atoms with Crippen LogP contribution in [0.2, 0.25) is 0 Å². The van der Waals surface area contributed by atoms with E-state index in [1.807, 2.05) is 11.8 Å². The smallest absolute Gasteiger partial charge is 0.373 e. The molecular formula is C22H24N6O5. The van der Waals surface area contributed by atoms with Crippen molar-refractivity contribution in [2.24, 2.45) is 0 Å². The summed E-state index contributed by atoms with van der Waals surface area (Å²) in [6.45, 7) is 4.68. The Bertz CT molecular complexity index is 1140. The molecule has 1 fully saturated rings. The molecule has 1 aliphatic heterocycles. The zero-order chi connectivity index (χ0) is 23.4. The number of hydrogen-bond donors (Lipinski definition) is 0. The summed E-state index contributed by atoms with van der Waals surface area (Å²) in [5.41, 5.74) is 0.571. The van der Waals surface area contributed by atoms with E-state index in [-0.39, 0.29) is 29.1 Å². The standard InChI is InChI=1S/C22H24N6O5/c1-3-17(29)12-15-4-6-18(7-5-15)32-22-19(28(30)31)20(23-13-24-22)27-10-8-16(9-11-27)21-25-14(2)26-33-21/h4-7,13,16H,3,8-12H2,1-2H3. The maximum absolute atomic E-state index is 11.9. The summed E-state index contributed by atoms with van der Waals surface area (Å²) < 4.78 is 11.0. The molecule has 1 aliphatic rings. The molecule has 0 amide bonds. The van der Waals surface area contributed by atoms with Crippen LogP contribution in [0.4, 0.5) is 11.5 Å². The van der Waals surface area contributed by atoms with Gasteiger partial charge in [0.15, 0.2) is 5.82 Å². The van der Waals surface area contributed by atoms with Gasteiger partial charge in [-0.05, 0) is 37.5 Å². The van der Waals surface area contributed by atoms with E-state index >= 15 is 0 Å². The van der Waals surface area contributed by atoms with E-state index in [0.717, 1.165) is 5.56 Å². The number of ether oxygens (including phenoxy) is 1. The number of nitro groups is 1. The van der Waals surface area contributed by atoms with Crippen molar-refractivity contribution >= 4 is 17.3 Å². The van der Waals surface area contributed by atoms with Gasteiger partial charge >= 0.3 is 11.6 Å². The van der Waals surface area contributed by atoms with Crippen molar-refractivity contribution in [3.8, 4) is 11.6 Å². The van der Waals surface area contributed by atoms with E-state index < -0.39 is 4.92 Å². The van der Waals surface area contributed by atoms with Gasteiger partial charge in [0.2, 0.25) is 11.7 Å². The molecule has 33 heavy (non-hydrogen) atoms. The van der Waals surface area contributed by atoms with Gasteiger partial charge in [-0.1, -0.05) is 24.2 Å². The first kappa shape index (κ1) is 22.3. The topological polar surface area (TPSA) is 137 Å². The van der Waals surface area contributed by atoms with E-state index in [4.69, 9.17) is 9.26 Å². The quantitative estimate of drug-likeness (QED) is 0.366. The number of aromatic nitrogens is 4. The zero-order valence-corrected chi connectivity index (χ0v) is 18.4. The van der Waals surface area contributed by atoms with Gasteiger partial charge in [0.05, 0.1) is 4.92 Å². The lowest BCUT2D eigenvalue weighted by Gasteiger charge is -2.30. The monoisotopic (exact) mass is 452 g/mol. The minimum atomic E-state index is -0.521. The third kappa shape index (κ3) is 5.13. The predicted molar refractivity (Wildman–Crippen MR) is 117 cm³/mol. The van der Waals surface area contributed by atoms with E-state index in [2.05, 4.69) is 20.1 Å².